The van der Waals surface area contributed by atoms with Crippen LogP contribution in [-0.4, -0.2) is 49.1 Å². The van der Waals surface area contributed by atoms with E-state index in [-0.39, 0.29) is 11.8 Å². The quantitative estimate of drug-likeness (QED) is 0.681. The predicted molar refractivity (Wildman–Crippen MR) is 81.8 cm³/mol. The van der Waals surface area contributed by atoms with Crippen molar-refractivity contribution in [1.82, 2.24) is 10.6 Å². The van der Waals surface area contributed by atoms with Crippen molar-refractivity contribution in [1.29, 1.82) is 0 Å². The number of hydrogen-bond acceptors (Lipinski definition) is 4. The van der Waals surface area contributed by atoms with Crippen molar-refractivity contribution < 1.29 is 9.59 Å². The molecule has 1 aromatic carbocycles. The van der Waals surface area contributed by atoms with Crippen LogP contribution < -0.4 is 10.6 Å². The molecule has 1 aliphatic rings. The number of nitrogens with one attached hydrogen (secondary N) is 2. The van der Waals surface area contributed by atoms with E-state index in [1.807, 2.05) is 20.4 Å². The first-order valence-electron chi connectivity index (χ1n) is 5.85. The summed E-state index contributed by atoms with van der Waals surface area (Å²) in [5, 5.41) is 5.74. The number of carbonyl (C=O) groups excluding carboxylic acids is 2. The Morgan fingerprint density at radius 2 is 1.47 bits per heavy atom. The molecule has 0 aliphatic carbocycles. The van der Waals surface area contributed by atoms with Gasteiger partial charge in [-0.25, -0.2) is 0 Å². The summed E-state index contributed by atoms with van der Waals surface area (Å²) in [6.07, 6.45) is 0. The van der Waals surface area contributed by atoms with Gasteiger partial charge in [0.25, 0.3) is 0 Å². The van der Waals surface area contributed by atoms with Gasteiger partial charge in [-0.05, 0) is 0 Å². The standard InChI is InChI=1S/C12H14N2O2S2Se/c15-11-9-2-1-3-10(8-9)12(16)14-5-7-18-19-17-6-4-13-11/h1-3,8H,4-7H2,(H,13,15)(H,14,16). The average molecular weight is 361 g/mol. The van der Waals surface area contributed by atoms with Crippen LogP contribution in [-0.2, 0) is 0 Å². The summed E-state index contributed by atoms with van der Waals surface area (Å²) in [6.45, 7) is 1.34. The number of hydrogen-bond donors (Lipinski definition) is 2. The van der Waals surface area contributed by atoms with Crippen LogP contribution in [0.5, 0.6) is 0 Å². The Labute approximate surface area is 125 Å². The summed E-state index contributed by atoms with van der Waals surface area (Å²) in [5.74, 6) is 1.63. The second-order valence-corrected chi connectivity index (χ2v) is 11.2. The van der Waals surface area contributed by atoms with E-state index in [9.17, 15) is 9.59 Å². The van der Waals surface area contributed by atoms with E-state index >= 15 is 0 Å². The zero-order valence-corrected chi connectivity index (χ0v) is 13.5. The fourth-order valence-electron chi connectivity index (χ4n) is 1.52. The molecule has 1 heterocycles. The molecule has 0 atom stereocenters. The summed E-state index contributed by atoms with van der Waals surface area (Å²) in [5.41, 5.74) is 1.07. The molecule has 0 spiro atoms. The minimum atomic E-state index is -0.118. The van der Waals surface area contributed by atoms with Crippen LogP contribution >= 0.6 is 20.4 Å². The Morgan fingerprint density at radius 1 is 0.947 bits per heavy atom. The zero-order chi connectivity index (χ0) is 13.5. The summed E-state index contributed by atoms with van der Waals surface area (Å²) >= 11 is 0.452. The molecule has 0 fully saturated rings. The molecule has 102 valence electrons. The molecule has 2 rings (SSSR count). The number of benzene rings is 1. The summed E-state index contributed by atoms with van der Waals surface area (Å²) in [6, 6.07) is 6.83. The molecule has 4 nitrogen and oxygen atoms in total. The molecule has 1 aromatic rings. The molecule has 2 amide bonds. The van der Waals surface area contributed by atoms with E-state index in [0.29, 0.717) is 36.9 Å². The normalized spacial score (nSPS) is 18.1. The van der Waals surface area contributed by atoms with E-state index in [1.165, 1.54) is 0 Å². The fraction of sp³-hybridized carbons (Fsp3) is 0.333. The van der Waals surface area contributed by atoms with Crippen molar-refractivity contribution in [2.45, 2.75) is 0 Å². The molecule has 2 bridgehead atoms. The minimum absolute atomic E-state index is 0.118. The topological polar surface area (TPSA) is 58.2 Å². The SMILES string of the molecule is O=C1NCCS[Se]SCCNC(=O)c2cccc1c2. The first-order valence-corrected chi connectivity index (χ1v) is 11.9. The van der Waals surface area contributed by atoms with Crippen molar-refractivity contribution in [2.24, 2.45) is 0 Å². The van der Waals surface area contributed by atoms with Gasteiger partial charge in [0.05, 0.1) is 0 Å². The molecule has 19 heavy (non-hydrogen) atoms. The van der Waals surface area contributed by atoms with E-state index in [1.54, 1.807) is 24.3 Å². The molecule has 0 aromatic heterocycles. The molecular weight excluding hydrogens is 347 g/mol. The van der Waals surface area contributed by atoms with Crippen LogP contribution in [0.25, 0.3) is 0 Å². The average Bonchev–Trinajstić information content (AvgIpc) is 2.44. The fourth-order valence-corrected chi connectivity index (χ4v) is 7.61. The molecular formula is C12H14N2O2S2Se. The van der Waals surface area contributed by atoms with Crippen LogP contribution in [0.1, 0.15) is 20.7 Å². The van der Waals surface area contributed by atoms with E-state index in [4.69, 9.17) is 0 Å². The summed E-state index contributed by atoms with van der Waals surface area (Å²) < 4.78 is 0. The van der Waals surface area contributed by atoms with Gasteiger partial charge >= 0.3 is 125 Å². The Kier molecular flexibility index (Phi) is 6.10. The third-order valence-electron chi connectivity index (χ3n) is 2.43. The summed E-state index contributed by atoms with van der Waals surface area (Å²) in [7, 11) is 3.71. The monoisotopic (exact) mass is 362 g/mol. The third-order valence-corrected chi connectivity index (χ3v) is 9.67. The van der Waals surface area contributed by atoms with Crippen molar-refractivity contribution in [2.75, 3.05) is 24.6 Å². The Bertz CT molecular complexity index is 434. The molecule has 1 aliphatic heterocycles. The maximum atomic E-state index is 11.9. The van der Waals surface area contributed by atoms with Crippen molar-refractivity contribution in [3.63, 3.8) is 0 Å². The third kappa shape index (κ3) is 4.76. The molecule has 0 saturated heterocycles. The van der Waals surface area contributed by atoms with E-state index in [0.717, 1.165) is 11.5 Å². The predicted octanol–water partition coefficient (Wildman–Crippen LogP) is 1.16. The number of amides is 2. The molecule has 2 N–H and O–H groups in total. The van der Waals surface area contributed by atoms with E-state index in [2.05, 4.69) is 10.6 Å². The number of fused-ring (bicyclic) bond motifs is 2. The van der Waals surface area contributed by atoms with Crippen molar-refractivity contribution >= 4 is 44.9 Å². The second kappa shape index (κ2) is 7.84. The van der Waals surface area contributed by atoms with Crippen LogP contribution in [0.2, 0.25) is 0 Å². The Hall–Kier alpha value is -0.621. The zero-order valence-electron chi connectivity index (χ0n) is 10.2. The van der Waals surface area contributed by atoms with Gasteiger partial charge in [0, 0.05) is 0 Å². The van der Waals surface area contributed by atoms with Gasteiger partial charge in [0.15, 0.2) is 0 Å². The van der Waals surface area contributed by atoms with Gasteiger partial charge in [0.1, 0.15) is 0 Å². The Morgan fingerprint density at radius 3 is 2.00 bits per heavy atom. The molecule has 0 radical (unpaired) electrons. The molecule has 0 saturated carbocycles. The van der Waals surface area contributed by atoms with Gasteiger partial charge in [-0.2, -0.15) is 0 Å². The van der Waals surface area contributed by atoms with Crippen LogP contribution in [0.4, 0.5) is 0 Å². The van der Waals surface area contributed by atoms with Crippen molar-refractivity contribution in [3.05, 3.63) is 35.4 Å². The summed E-state index contributed by atoms with van der Waals surface area (Å²) in [4.78, 5) is 23.8. The van der Waals surface area contributed by atoms with Gasteiger partial charge in [-0.15, -0.1) is 0 Å². The van der Waals surface area contributed by atoms with Crippen LogP contribution in [0, 0.1) is 0 Å². The van der Waals surface area contributed by atoms with Gasteiger partial charge in [0.2, 0.25) is 0 Å². The van der Waals surface area contributed by atoms with Gasteiger partial charge < -0.3 is 0 Å². The van der Waals surface area contributed by atoms with Crippen LogP contribution in [0.15, 0.2) is 24.3 Å². The van der Waals surface area contributed by atoms with Gasteiger partial charge in [-0.3, -0.25) is 0 Å². The van der Waals surface area contributed by atoms with Gasteiger partial charge in [-0.1, -0.05) is 0 Å². The first kappa shape index (κ1) is 14.8. The Balaban J connectivity index is 2.12. The number of carbonyl (C=O) groups is 2. The van der Waals surface area contributed by atoms with E-state index < -0.39 is 0 Å². The van der Waals surface area contributed by atoms with Crippen molar-refractivity contribution in [3.8, 4) is 0 Å². The molecule has 0 unspecified atom stereocenters. The number of rotatable bonds is 0. The maximum absolute atomic E-state index is 11.9. The first-order chi connectivity index (χ1) is 9.27. The molecule has 7 heteroatoms. The van der Waals surface area contributed by atoms with Crippen LogP contribution in [0.3, 0.4) is 0 Å². The second-order valence-electron chi connectivity index (χ2n) is 3.80.